The van der Waals surface area contributed by atoms with Gasteiger partial charge in [-0.25, -0.2) is 0 Å². The van der Waals surface area contributed by atoms with Crippen molar-refractivity contribution in [1.82, 2.24) is 25.8 Å². The van der Waals surface area contributed by atoms with Gasteiger partial charge in [0, 0.05) is 49.3 Å². The second kappa shape index (κ2) is 17.5. The topological polar surface area (TPSA) is 171 Å². The number of unbranched alkanes of at least 4 members (excludes halogenated alkanes) is 5. The molecule has 2 aromatic carbocycles. The molecule has 3 aliphatic rings. The molecule has 12 heteroatoms. The van der Waals surface area contributed by atoms with Gasteiger partial charge in [0.05, 0.1) is 11.8 Å². The molecule has 2 aromatic rings. The Labute approximate surface area is 300 Å². The summed E-state index contributed by atoms with van der Waals surface area (Å²) in [6, 6.07) is 14.6. The largest absolute Gasteiger partial charge is 0.369 e. The van der Waals surface area contributed by atoms with Gasteiger partial charge in [0.15, 0.2) is 0 Å². The Morgan fingerprint density at radius 2 is 1.51 bits per heavy atom. The number of nitrogens with one attached hydrogen (secondary N) is 3. The number of hydrogen-bond donors (Lipinski definition) is 4. The van der Waals surface area contributed by atoms with E-state index in [0.717, 1.165) is 56.9 Å². The molecule has 0 aromatic heterocycles. The first-order valence-electron chi connectivity index (χ1n) is 18.6. The highest BCUT2D eigenvalue weighted by Gasteiger charge is 2.46. The van der Waals surface area contributed by atoms with Crippen molar-refractivity contribution >= 4 is 35.4 Å². The van der Waals surface area contributed by atoms with Crippen LogP contribution in [0.3, 0.4) is 0 Å². The highest BCUT2D eigenvalue weighted by atomic mass is 16.2. The van der Waals surface area contributed by atoms with Gasteiger partial charge in [-0.05, 0) is 49.1 Å². The molecule has 1 aliphatic carbocycles. The second-order valence-electron chi connectivity index (χ2n) is 14.1. The van der Waals surface area contributed by atoms with Crippen molar-refractivity contribution < 1.29 is 28.8 Å². The van der Waals surface area contributed by atoms with Crippen LogP contribution in [0.25, 0.3) is 0 Å². The van der Waals surface area contributed by atoms with E-state index >= 15 is 0 Å². The normalized spacial score (nSPS) is 24.2. The van der Waals surface area contributed by atoms with Crippen LogP contribution in [0.1, 0.15) is 104 Å². The summed E-state index contributed by atoms with van der Waals surface area (Å²) in [5.41, 5.74) is 7.39. The van der Waals surface area contributed by atoms with Crippen LogP contribution >= 0.6 is 0 Å². The van der Waals surface area contributed by atoms with Gasteiger partial charge in [0.2, 0.25) is 23.6 Å². The van der Waals surface area contributed by atoms with Gasteiger partial charge in [-0.2, -0.15) is 0 Å². The van der Waals surface area contributed by atoms with Crippen molar-refractivity contribution in [2.45, 2.75) is 95.7 Å². The SMILES string of the molecule is CCCCCCN1C(=O)[C@H](CNC(=O)c2ccc(C(=O)N3C[C@@H](C(N)=O)[C@H](C(=O)N[C@H]4C[C@@H]4c4ccccc4)C3)cc2)NC(=O)[C@@H]1CCCCC. The monoisotopic (exact) mass is 700 g/mol. The molecule has 2 saturated heterocycles. The van der Waals surface area contributed by atoms with Crippen molar-refractivity contribution in [3.8, 4) is 0 Å². The third-order valence-electron chi connectivity index (χ3n) is 10.4. The van der Waals surface area contributed by atoms with E-state index in [-0.39, 0.29) is 60.8 Å². The molecule has 0 spiro atoms. The smallest absolute Gasteiger partial charge is 0.253 e. The summed E-state index contributed by atoms with van der Waals surface area (Å²) < 4.78 is 0. The van der Waals surface area contributed by atoms with E-state index in [4.69, 9.17) is 5.73 Å². The van der Waals surface area contributed by atoms with E-state index in [0.29, 0.717) is 18.5 Å². The number of amides is 6. The van der Waals surface area contributed by atoms with Crippen LogP contribution in [0, 0.1) is 11.8 Å². The molecule has 5 rings (SSSR count). The quantitative estimate of drug-likeness (QED) is 0.185. The lowest BCUT2D eigenvalue weighted by atomic mass is 9.94. The van der Waals surface area contributed by atoms with Gasteiger partial charge in [-0.1, -0.05) is 82.7 Å². The minimum absolute atomic E-state index is 0.0219. The Balaban J connectivity index is 1.14. The molecule has 0 unspecified atom stereocenters. The lowest BCUT2D eigenvalue weighted by Crippen LogP contribution is -2.65. The van der Waals surface area contributed by atoms with Gasteiger partial charge >= 0.3 is 0 Å². The van der Waals surface area contributed by atoms with Crippen LogP contribution in [-0.2, 0) is 19.2 Å². The molecule has 0 radical (unpaired) electrons. The molecular formula is C39H52N6O6. The van der Waals surface area contributed by atoms with E-state index < -0.39 is 35.7 Å². The van der Waals surface area contributed by atoms with E-state index in [1.165, 1.54) is 29.2 Å². The summed E-state index contributed by atoms with van der Waals surface area (Å²) in [6.45, 7) is 4.76. The summed E-state index contributed by atoms with van der Waals surface area (Å²) in [7, 11) is 0. The van der Waals surface area contributed by atoms with Gasteiger partial charge in [0.1, 0.15) is 12.1 Å². The number of carbonyl (C=O) groups excluding carboxylic acids is 6. The summed E-state index contributed by atoms with van der Waals surface area (Å²) in [5.74, 6) is -3.46. The standard InChI is InChI=1S/C39H52N6O6/c1-3-5-7-12-20-45-33(15-9-6-4-2)37(49)43-32(39(45)51)22-41-35(47)26-16-18-27(19-17-26)38(50)44-23-29(34(40)46)30(24-44)36(48)42-31-21-28(31)25-13-10-8-11-14-25/h8,10-11,13-14,16-19,28-33H,3-7,9,12,15,20-24H2,1-2H3,(H2,40,46)(H,41,47)(H,42,48)(H,43,49)/t28-,29-,30-,31+,32+,33+/m1/s1. The summed E-state index contributed by atoms with van der Waals surface area (Å²) in [6.07, 6.45) is 8.26. The van der Waals surface area contributed by atoms with Crippen LogP contribution in [-0.4, -0.2) is 89.5 Å². The Kier molecular flexibility index (Phi) is 12.8. The molecular weight excluding hydrogens is 648 g/mol. The summed E-state index contributed by atoms with van der Waals surface area (Å²) in [4.78, 5) is 81.8. The van der Waals surface area contributed by atoms with Crippen molar-refractivity contribution in [2.75, 3.05) is 26.2 Å². The van der Waals surface area contributed by atoms with Gasteiger partial charge in [-0.3, -0.25) is 28.8 Å². The Morgan fingerprint density at radius 3 is 2.20 bits per heavy atom. The fraction of sp³-hybridized carbons (Fsp3) is 0.538. The first-order chi connectivity index (χ1) is 24.6. The maximum Gasteiger partial charge on any atom is 0.253 e. The third kappa shape index (κ3) is 9.33. The van der Waals surface area contributed by atoms with Crippen molar-refractivity contribution in [3.63, 3.8) is 0 Å². The Hall–Kier alpha value is -4.74. The van der Waals surface area contributed by atoms with Crippen LogP contribution in [0.5, 0.6) is 0 Å². The number of nitrogens with zero attached hydrogens (tertiary/aromatic N) is 2. The van der Waals surface area contributed by atoms with Gasteiger partial charge in [0.25, 0.3) is 11.8 Å². The van der Waals surface area contributed by atoms with Crippen LogP contribution < -0.4 is 21.7 Å². The molecule has 12 nitrogen and oxygen atoms in total. The van der Waals surface area contributed by atoms with Crippen LogP contribution in [0.15, 0.2) is 54.6 Å². The fourth-order valence-electron chi connectivity index (χ4n) is 7.29. The van der Waals surface area contributed by atoms with E-state index in [1.54, 1.807) is 4.90 Å². The molecule has 2 heterocycles. The highest BCUT2D eigenvalue weighted by Crippen LogP contribution is 2.41. The van der Waals surface area contributed by atoms with Crippen molar-refractivity contribution in [1.29, 1.82) is 0 Å². The summed E-state index contributed by atoms with van der Waals surface area (Å²) >= 11 is 0. The third-order valence-corrected chi connectivity index (χ3v) is 10.4. The maximum absolute atomic E-state index is 13.5. The lowest BCUT2D eigenvalue weighted by molar-refractivity contribution is -0.149. The van der Waals surface area contributed by atoms with E-state index in [1.807, 2.05) is 30.3 Å². The van der Waals surface area contributed by atoms with Crippen LogP contribution in [0.2, 0.25) is 0 Å². The summed E-state index contributed by atoms with van der Waals surface area (Å²) in [5, 5.41) is 8.63. The zero-order valence-corrected chi connectivity index (χ0v) is 29.8. The molecule has 6 atom stereocenters. The zero-order valence-electron chi connectivity index (χ0n) is 29.8. The number of likely N-dealkylation sites (tertiary alicyclic amines) is 1. The molecule has 6 amide bonds. The zero-order chi connectivity index (χ0) is 36.5. The molecule has 3 fully saturated rings. The molecule has 5 N–H and O–H groups in total. The first-order valence-corrected chi connectivity index (χ1v) is 18.6. The van der Waals surface area contributed by atoms with E-state index in [2.05, 4.69) is 29.8 Å². The minimum Gasteiger partial charge on any atom is -0.369 e. The highest BCUT2D eigenvalue weighted by molar-refractivity contribution is 6.00. The van der Waals surface area contributed by atoms with Crippen molar-refractivity contribution in [2.24, 2.45) is 17.6 Å². The average molecular weight is 701 g/mol. The number of rotatable bonds is 17. The Morgan fingerprint density at radius 1 is 0.843 bits per heavy atom. The van der Waals surface area contributed by atoms with Crippen molar-refractivity contribution in [3.05, 3.63) is 71.3 Å². The molecule has 1 saturated carbocycles. The number of hydrogen-bond acceptors (Lipinski definition) is 6. The average Bonchev–Trinajstić information content (AvgIpc) is 3.75. The Bertz CT molecular complexity index is 1570. The number of nitrogens with two attached hydrogens (primary N) is 1. The van der Waals surface area contributed by atoms with Gasteiger partial charge < -0.3 is 31.5 Å². The maximum atomic E-state index is 13.5. The molecule has 2 aliphatic heterocycles. The van der Waals surface area contributed by atoms with Gasteiger partial charge in [-0.15, -0.1) is 0 Å². The van der Waals surface area contributed by atoms with Crippen LogP contribution in [0.4, 0.5) is 0 Å². The number of benzene rings is 2. The van der Waals surface area contributed by atoms with E-state index in [9.17, 15) is 28.8 Å². The molecule has 51 heavy (non-hydrogen) atoms. The molecule has 274 valence electrons. The predicted octanol–water partition coefficient (Wildman–Crippen LogP) is 3.12. The lowest BCUT2D eigenvalue weighted by Gasteiger charge is -2.39. The molecule has 0 bridgehead atoms. The number of carbonyl (C=O) groups is 6. The number of primary amides is 1. The first kappa shape index (κ1) is 37.5. The minimum atomic E-state index is -0.862. The predicted molar refractivity (Wildman–Crippen MR) is 192 cm³/mol. The fourth-order valence-corrected chi connectivity index (χ4v) is 7.29. The second-order valence-corrected chi connectivity index (χ2v) is 14.1. The number of piperazine rings is 1.